The highest BCUT2D eigenvalue weighted by atomic mass is 16.3. The summed E-state index contributed by atoms with van der Waals surface area (Å²) < 4.78 is 6.86. The van der Waals surface area contributed by atoms with E-state index in [1.165, 1.54) is 38.2 Å². The first kappa shape index (κ1) is 30.3. The van der Waals surface area contributed by atoms with Crippen LogP contribution in [0.4, 0.5) is 0 Å². The molecule has 1 aliphatic heterocycles. The van der Waals surface area contributed by atoms with Gasteiger partial charge in [-0.05, 0) is 92.5 Å². The minimum atomic E-state index is 0.664. The van der Waals surface area contributed by atoms with Gasteiger partial charge in [-0.1, -0.05) is 146 Å². The lowest BCUT2D eigenvalue weighted by molar-refractivity contribution is 0.669. The van der Waals surface area contributed by atoms with Crippen molar-refractivity contribution >= 4 is 71.5 Å². The molecule has 0 spiro atoms. The largest absolute Gasteiger partial charge is 0.455 e. The molecule has 0 unspecified atom stereocenters. The predicted molar refractivity (Wildman–Crippen MR) is 219 cm³/mol. The Morgan fingerprint density at radius 2 is 1.12 bits per heavy atom. The Hall–Kier alpha value is -6.58. The topological polar surface area (TPSA) is 37.9 Å². The van der Waals surface area contributed by atoms with Crippen molar-refractivity contribution in [1.82, 2.24) is 0 Å². The molecule has 3 heteroatoms. The van der Waals surface area contributed by atoms with Crippen molar-refractivity contribution in [1.29, 1.82) is 0 Å². The molecule has 0 amide bonds. The number of benzene rings is 8. The molecular weight excluding hydrogens is 633 g/mol. The molecule has 1 aliphatic rings. The summed E-state index contributed by atoms with van der Waals surface area (Å²) in [5.74, 6) is 0.664. The van der Waals surface area contributed by atoms with E-state index in [0.29, 0.717) is 5.84 Å². The van der Waals surface area contributed by atoms with E-state index in [1.54, 1.807) is 0 Å². The zero-order valence-electron chi connectivity index (χ0n) is 28.8. The molecule has 8 aromatic carbocycles. The molecule has 0 atom stereocenters. The maximum atomic E-state index is 6.86. The Balaban J connectivity index is 1.21. The van der Waals surface area contributed by atoms with Crippen LogP contribution in [-0.4, -0.2) is 11.5 Å². The lowest BCUT2D eigenvalue weighted by atomic mass is 9.95. The smallest absolute Gasteiger partial charge is 0.164 e. The molecular formula is C49H34N2O. The number of aliphatic imine (C=N–C) groups is 2. The number of furan rings is 1. The fourth-order valence-corrected chi connectivity index (χ4v) is 7.85. The van der Waals surface area contributed by atoms with Crippen LogP contribution in [0.15, 0.2) is 184 Å². The minimum Gasteiger partial charge on any atom is -0.455 e. The third kappa shape index (κ3) is 5.13. The van der Waals surface area contributed by atoms with Gasteiger partial charge in [-0.2, -0.15) is 0 Å². The SMILES string of the molecule is C\C1=C(c2ccc(-c3ccc4ccccc4c3)cc2)/N=C(c2c3ccccc3cc3c2oc2ccc4ccccc4c23)\N=C(\c2ccccc2)CC1. The van der Waals surface area contributed by atoms with Crippen LogP contribution in [0.2, 0.25) is 0 Å². The Morgan fingerprint density at radius 3 is 1.94 bits per heavy atom. The average Bonchev–Trinajstić information content (AvgIpc) is 3.58. The molecule has 3 nitrogen and oxygen atoms in total. The highest BCUT2D eigenvalue weighted by molar-refractivity contribution is 6.29. The second-order valence-electron chi connectivity index (χ2n) is 13.7. The van der Waals surface area contributed by atoms with Crippen molar-refractivity contribution in [2.24, 2.45) is 9.98 Å². The maximum Gasteiger partial charge on any atom is 0.164 e. The van der Waals surface area contributed by atoms with Gasteiger partial charge in [0, 0.05) is 16.3 Å². The summed E-state index contributed by atoms with van der Waals surface area (Å²) >= 11 is 0. The van der Waals surface area contributed by atoms with Crippen LogP contribution < -0.4 is 0 Å². The van der Waals surface area contributed by atoms with Gasteiger partial charge in [-0.25, -0.2) is 9.98 Å². The second-order valence-corrected chi connectivity index (χ2v) is 13.7. The highest BCUT2D eigenvalue weighted by Gasteiger charge is 2.23. The van der Waals surface area contributed by atoms with Gasteiger partial charge in [0.15, 0.2) is 5.84 Å². The van der Waals surface area contributed by atoms with E-state index in [2.05, 4.69) is 171 Å². The molecule has 0 radical (unpaired) electrons. The van der Waals surface area contributed by atoms with Crippen LogP contribution in [-0.2, 0) is 0 Å². The van der Waals surface area contributed by atoms with Crippen LogP contribution in [0.1, 0.15) is 36.5 Å². The van der Waals surface area contributed by atoms with Crippen LogP contribution in [0.25, 0.3) is 71.1 Å². The van der Waals surface area contributed by atoms with E-state index in [4.69, 9.17) is 14.4 Å². The molecule has 2 heterocycles. The quantitative estimate of drug-likeness (QED) is 0.184. The standard InChI is InChI=1S/C49H34N2O/c1-31-19-27-43(35-13-3-2-4-14-35)50-49(51-47(31)36-23-20-33(21-24-36)38-25-22-32-11-5-6-15-37(32)29-38)46-41-18-10-8-16-39(41)30-42-45-40-17-9-7-12-34(40)26-28-44(45)52-48(42)46/h2-18,20-26,28-30H,19,27H2,1H3/b47-31+,50-43+,51-49-. The number of amidine groups is 1. The number of rotatable bonds is 4. The van der Waals surface area contributed by atoms with Crippen LogP contribution in [0, 0.1) is 0 Å². The van der Waals surface area contributed by atoms with Crippen LogP contribution in [0.3, 0.4) is 0 Å². The van der Waals surface area contributed by atoms with Gasteiger partial charge < -0.3 is 4.42 Å². The summed E-state index contributed by atoms with van der Waals surface area (Å²) in [6, 6.07) is 58.1. The first-order chi connectivity index (χ1) is 25.7. The number of hydrogen-bond acceptors (Lipinski definition) is 3. The van der Waals surface area contributed by atoms with Gasteiger partial charge >= 0.3 is 0 Å². The second kappa shape index (κ2) is 12.3. The van der Waals surface area contributed by atoms with E-state index in [9.17, 15) is 0 Å². The minimum absolute atomic E-state index is 0.664. The molecule has 52 heavy (non-hydrogen) atoms. The van der Waals surface area contributed by atoms with Gasteiger partial charge in [0.25, 0.3) is 0 Å². The number of allylic oxidation sites excluding steroid dienone is 1. The Kier molecular flexibility index (Phi) is 7.17. The summed E-state index contributed by atoms with van der Waals surface area (Å²) in [6.07, 6.45) is 1.65. The molecule has 10 rings (SSSR count). The summed E-state index contributed by atoms with van der Waals surface area (Å²) in [6.45, 7) is 2.22. The summed E-state index contributed by atoms with van der Waals surface area (Å²) in [5.41, 5.74) is 10.4. The van der Waals surface area contributed by atoms with Gasteiger partial charge in [-0.3, -0.25) is 0 Å². The van der Waals surface area contributed by atoms with E-state index in [0.717, 1.165) is 73.7 Å². The van der Waals surface area contributed by atoms with Crippen molar-refractivity contribution in [2.45, 2.75) is 19.8 Å². The molecule has 9 aromatic rings. The lowest BCUT2D eigenvalue weighted by Crippen LogP contribution is -2.11. The van der Waals surface area contributed by atoms with Crippen molar-refractivity contribution in [3.05, 3.63) is 186 Å². The van der Waals surface area contributed by atoms with E-state index < -0.39 is 0 Å². The number of nitrogens with zero attached hydrogens (tertiary/aromatic N) is 2. The maximum absolute atomic E-state index is 6.86. The van der Waals surface area contributed by atoms with Gasteiger partial charge in [-0.15, -0.1) is 0 Å². The zero-order valence-corrected chi connectivity index (χ0v) is 28.8. The molecule has 0 saturated heterocycles. The van der Waals surface area contributed by atoms with Crippen molar-refractivity contribution in [3.63, 3.8) is 0 Å². The van der Waals surface area contributed by atoms with Crippen molar-refractivity contribution < 1.29 is 4.42 Å². The van der Waals surface area contributed by atoms with Crippen LogP contribution >= 0.6 is 0 Å². The molecule has 0 saturated carbocycles. The zero-order chi connectivity index (χ0) is 34.6. The van der Waals surface area contributed by atoms with E-state index in [-0.39, 0.29) is 0 Å². The van der Waals surface area contributed by atoms with Gasteiger partial charge in [0.1, 0.15) is 11.2 Å². The highest BCUT2D eigenvalue weighted by Crippen LogP contribution is 2.41. The van der Waals surface area contributed by atoms with Gasteiger partial charge in [0.05, 0.1) is 17.0 Å². The first-order valence-corrected chi connectivity index (χ1v) is 17.9. The Morgan fingerprint density at radius 1 is 0.462 bits per heavy atom. The van der Waals surface area contributed by atoms with Crippen molar-refractivity contribution in [2.75, 3.05) is 0 Å². The molecule has 0 bridgehead atoms. The average molecular weight is 667 g/mol. The normalized spacial score (nSPS) is 17.2. The monoisotopic (exact) mass is 666 g/mol. The molecule has 0 N–H and O–H groups in total. The Labute approximate surface area is 301 Å². The molecule has 246 valence electrons. The fourth-order valence-electron chi connectivity index (χ4n) is 7.85. The number of fused-ring (bicyclic) bond motifs is 7. The third-order valence-electron chi connectivity index (χ3n) is 10.5. The van der Waals surface area contributed by atoms with Crippen molar-refractivity contribution in [3.8, 4) is 11.1 Å². The van der Waals surface area contributed by atoms with E-state index >= 15 is 0 Å². The summed E-state index contributed by atoms with van der Waals surface area (Å²) in [5, 5.41) is 9.24. The molecule has 0 aliphatic carbocycles. The molecule has 0 fully saturated rings. The van der Waals surface area contributed by atoms with E-state index in [1.807, 2.05) is 0 Å². The Bertz CT molecular complexity index is 2940. The van der Waals surface area contributed by atoms with Gasteiger partial charge in [0.2, 0.25) is 0 Å². The molecule has 1 aromatic heterocycles. The summed E-state index contributed by atoms with van der Waals surface area (Å²) in [4.78, 5) is 11.0. The van der Waals surface area contributed by atoms with Crippen LogP contribution in [0.5, 0.6) is 0 Å². The first-order valence-electron chi connectivity index (χ1n) is 17.9. The fraction of sp³-hybridized carbons (Fsp3) is 0.0612. The lowest BCUT2D eigenvalue weighted by Gasteiger charge is -2.17. The third-order valence-corrected chi connectivity index (χ3v) is 10.5. The summed E-state index contributed by atoms with van der Waals surface area (Å²) in [7, 11) is 0. The number of hydrogen-bond donors (Lipinski definition) is 0. The predicted octanol–water partition coefficient (Wildman–Crippen LogP) is 13.2.